The van der Waals surface area contributed by atoms with E-state index >= 15 is 0 Å². The number of hydrogen-bond donors (Lipinski definition) is 1. The molecule has 22 heavy (non-hydrogen) atoms. The standard InChI is InChI=1S/C20H23NO/c1-14-6-5-9-19(12-14)20(22)21-15(2)17-11-10-16-7-3-4-8-18(16)13-17/h5-6,9-13,15H,3-4,7-8H2,1-2H3,(H,21,22)/t15-/m1/s1. The topological polar surface area (TPSA) is 29.1 Å². The molecule has 0 aromatic heterocycles. The van der Waals surface area contributed by atoms with Gasteiger partial charge in [0.05, 0.1) is 6.04 Å². The first-order valence-electron chi connectivity index (χ1n) is 8.13. The third kappa shape index (κ3) is 3.22. The molecule has 1 aliphatic carbocycles. The van der Waals surface area contributed by atoms with Crippen LogP contribution >= 0.6 is 0 Å². The highest BCUT2D eigenvalue weighted by Gasteiger charge is 2.14. The van der Waals surface area contributed by atoms with Gasteiger partial charge in [0.2, 0.25) is 0 Å². The predicted molar refractivity (Wildman–Crippen MR) is 90.1 cm³/mol. The first-order valence-corrected chi connectivity index (χ1v) is 8.13. The fraction of sp³-hybridized carbons (Fsp3) is 0.350. The number of hydrogen-bond acceptors (Lipinski definition) is 1. The first kappa shape index (κ1) is 14.8. The molecular weight excluding hydrogens is 270 g/mol. The minimum atomic E-state index is -0.00563. The second kappa shape index (κ2) is 6.35. The number of fused-ring (bicyclic) bond motifs is 1. The SMILES string of the molecule is Cc1cccc(C(=O)N[C@H](C)c2ccc3c(c2)CCCC3)c1. The quantitative estimate of drug-likeness (QED) is 0.894. The molecule has 1 amide bonds. The maximum atomic E-state index is 12.4. The fourth-order valence-corrected chi connectivity index (χ4v) is 3.17. The van der Waals surface area contributed by atoms with Crippen LogP contribution in [0.25, 0.3) is 0 Å². The molecule has 0 heterocycles. The molecule has 3 rings (SSSR count). The molecule has 0 radical (unpaired) electrons. The summed E-state index contributed by atoms with van der Waals surface area (Å²) in [5.74, 6) is -0.00563. The summed E-state index contributed by atoms with van der Waals surface area (Å²) in [6, 6.07) is 14.4. The van der Waals surface area contributed by atoms with Gasteiger partial charge in [-0.15, -0.1) is 0 Å². The Morgan fingerprint density at radius 1 is 1.05 bits per heavy atom. The van der Waals surface area contributed by atoms with Gasteiger partial charge in [-0.1, -0.05) is 35.9 Å². The van der Waals surface area contributed by atoms with Crippen LogP contribution in [0.3, 0.4) is 0 Å². The summed E-state index contributed by atoms with van der Waals surface area (Å²) in [7, 11) is 0. The minimum Gasteiger partial charge on any atom is -0.346 e. The van der Waals surface area contributed by atoms with Crippen LogP contribution in [0.15, 0.2) is 42.5 Å². The molecule has 0 spiro atoms. The highest BCUT2D eigenvalue weighted by Crippen LogP contribution is 2.25. The third-order valence-electron chi connectivity index (χ3n) is 4.50. The Bertz CT molecular complexity index is 690. The van der Waals surface area contributed by atoms with Crippen molar-refractivity contribution in [3.05, 3.63) is 70.3 Å². The van der Waals surface area contributed by atoms with Crippen molar-refractivity contribution in [1.82, 2.24) is 5.32 Å². The molecule has 0 bridgehead atoms. The highest BCUT2D eigenvalue weighted by atomic mass is 16.1. The Labute approximate surface area is 132 Å². The van der Waals surface area contributed by atoms with Gasteiger partial charge >= 0.3 is 0 Å². The normalized spacial score (nSPS) is 15.0. The Hall–Kier alpha value is -2.09. The van der Waals surface area contributed by atoms with E-state index in [1.54, 1.807) is 0 Å². The summed E-state index contributed by atoms with van der Waals surface area (Å²) >= 11 is 0. The lowest BCUT2D eigenvalue weighted by Gasteiger charge is -2.20. The molecule has 0 saturated heterocycles. The zero-order valence-electron chi connectivity index (χ0n) is 13.4. The van der Waals surface area contributed by atoms with Gasteiger partial charge in [-0.05, 0) is 68.4 Å². The molecule has 2 heteroatoms. The molecule has 0 unspecified atom stereocenters. The Morgan fingerprint density at radius 3 is 2.59 bits per heavy atom. The maximum Gasteiger partial charge on any atom is 0.251 e. The molecular formula is C20H23NO. The number of amides is 1. The van der Waals surface area contributed by atoms with Crippen LogP contribution in [0.4, 0.5) is 0 Å². The molecule has 114 valence electrons. The Balaban J connectivity index is 1.74. The molecule has 1 atom stereocenters. The molecule has 0 fully saturated rings. The molecule has 1 N–H and O–H groups in total. The van der Waals surface area contributed by atoms with Gasteiger partial charge < -0.3 is 5.32 Å². The zero-order valence-corrected chi connectivity index (χ0v) is 13.4. The maximum absolute atomic E-state index is 12.4. The van der Waals surface area contributed by atoms with E-state index in [1.807, 2.05) is 31.2 Å². The van der Waals surface area contributed by atoms with Crippen LogP contribution in [0.1, 0.15) is 58.4 Å². The van der Waals surface area contributed by atoms with Gasteiger partial charge in [0.1, 0.15) is 0 Å². The highest BCUT2D eigenvalue weighted by molar-refractivity contribution is 5.94. The number of benzene rings is 2. The summed E-state index contributed by atoms with van der Waals surface area (Å²) in [6.07, 6.45) is 4.94. The van der Waals surface area contributed by atoms with Crippen LogP contribution in [-0.4, -0.2) is 5.91 Å². The van der Waals surface area contributed by atoms with E-state index in [2.05, 4.69) is 30.4 Å². The third-order valence-corrected chi connectivity index (χ3v) is 4.50. The lowest BCUT2D eigenvalue weighted by molar-refractivity contribution is 0.0940. The Kier molecular flexibility index (Phi) is 4.28. The van der Waals surface area contributed by atoms with E-state index in [0.29, 0.717) is 0 Å². The van der Waals surface area contributed by atoms with Crippen LogP contribution in [-0.2, 0) is 12.8 Å². The van der Waals surface area contributed by atoms with Crippen LogP contribution in [0.2, 0.25) is 0 Å². The number of carbonyl (C=O) groups excluding carboxylic acids is 1. The van der Waals surface area contributed by atoms with Crippen molar-refractivity contribution in [3.8, 4) is 0 Å². The van der Waals surface area contributed by atoms with Crippen molar-refractivity contribution in [2.45, 2.75) is 45.6 Å². The Morgan fingerprint density at radius 2 is 1.82 bits per heavy atom. The first-order chi connectivity index (χ1) is 10.6. The molecule has 2 aromatic rings. The van der Waals surface area contributed by atoms with Crippen LogP contribution in [0, 0.1) is 6.92 Å². The minimum absolute atomic E-state index is 0.00563. The van der Waals surface area contributed by atoms with Crippen LogP contribution < -0.4 is 5.32 Å². The average Bonchev–Trinajstić information content (AvgIpc) is 2.54. The molecule has 2 aromatic carbocycles. The van der Waals surface area contributed by atoms with E-state index in [4.69, 9.17) is 0 Å². The van der Waals surface area contributed by atoms with E-state index in [-0.39, 0.29) is 11.9 Å². The summed E-state index contributed by atoms with van der Waals surface area (Å²) in [4.78, 5) is 12.4. The smallest absolute Gasteiger partial charge is 0.251 e. The van der Waals surface area contributed by atoms with Crippen molar-refractivity contribution in [3.63, 3.8) is 0 Å². The summed E-state index contributed by atoms with van der Waals surface area (Å²) in [5.41, 5.74) is 5.97. The number of carbonyl (C=O) groups is 1. The van der Waals surface area contributed by atoms with E-state index < -0.39 is 0 Å². The van der Waals surface area contributed by atoms with Gasteiger partial charge in [-0.2, -0.15) is 0 Å². The largest absolute Gasteiger partial charge is 0.346 e. The van der Waals surface area contributed by atoms with Crippen LogP contribution in [0.5, 0.6) is 0 Å². The second-order valence-corrected chi connectivity index (χ2v) is 6.30. The van der Waals surface area contributed by atoms with Crippen molar-refractivity contribution < 1.29 is 4.79 Å². The predicted octanol–water partition coefficient (Wildman–Crippen LogP) is 4.36. The molecule has 0 aliphatic heterocycles. The number of aryl methyl sites for hydroxylation is 3. The monoisotopic (exact) mass is 293 g/mol. The van der Waals surface area contributed by atoms with Gasteiger partial charge in [0.25, 0.3) is 5.91 Å². The number of nitrogens with one attached hydrogen (secondary N) is 1. The molecule has 1 aliphatic rings. The summed E-state index contributed by atoms with van der Waals surface area (Å²) in [6.45, 7) is 4.06. The average molecular weight is 293 g/mol. The second-order valence-electron chi connectivity index (χ2n) is 6.30. The van der Waals surface area contributed by atoms with Gasteiger partial charge in [-0.25, -0.2) is 0 Å². The lowest BCUT2D eigenvalue weighted by atomic mass is 9.89. The summed E-state index contributed by atoms with van der Waals surface area (Å²) < 4.78 is 0. The van der Waals surface area contributed by atoms with Crippen molar-refractivity contribution in [2.75, 3.05) is 0 Å². The van der Waals surface area contributed by atoms with E-state index in [0.717, 1.165) is 11.1 Å². The van der Waals surface area contributed by atoms with Crippen molar-refractivity contribution >= 4 is 5.91 Å². The van der Waals surface area contributed by atoms with Crippen molar-refractivity contribution in [2.24, 2.45) is 0 Å². The zero-order chi connectivity index (χ0) is 15.5. The van der Waals surface area contributed by atoms with Gasteiger partial charge in [0, 0.05) is 5.56 Å². The van der Waals surface area contributed by atoms with E-state index in [9.17, 15) is 4.79 Å². The molecule has 2 nitrogen and oxygen atoms in total. The van der Waals surface area contributed by atoms with Gasteiger partial charge in [0.15, 0.2) is 0 Å². The molecule has 0 saturated carbocycles. The van der Waals surface area contributed by atoms with Crippen molar-refractivity contribution in [1.29, 1.82) is 0 Å². The number of rotatable bonds is 3. The fourth-order valence-electron chi connectivity index (χ4n) is 3.17. The van der Waals surface area contributed by atoms with Gasteiger partial charge in [-0.3, -0.25) is 4.79 Å². The summed E-state index contributed by atoms with van der Waals surface area (Å²) in [5, 5.41) is 3.11. The van der Waals surface area contributed by atoms with E-state index in [1.165, 1.54) is 42.4 Å². The lowest BCUT2D eigenvalue weighted by Crippen LogP contribution is -2.26.